The smallest absolute Gasteiger partial charge is 0.188 e. The predicted molar refractivity (Wildman–Crippen MR) is 75.6 cm³/mol. The second-order valence-electron chi connectivity index (χ2n) is 4.85. The predicted octanol–water partition coefficient (Wildman–Crippen LogP) is -0.837. The van der Waals surface area contributed by atoms with Crippen molar-refractivity contribution in [2.24, 2.45) is 15.7 Å². The maximum atomic E-state index is 10.5. The van der Waals surface area contributed by atoms with E-state index in [0.717, 1.165) is 0 Å². The number of methoxy groups -OCH3 is 1. The lowest BCUT2D eigenvalue weighted by Gasteiger charge is -2.27. The molecule has 2 rings (SSSR count). The van der Waals surface area contributed by atoms with E-state index in [0.29, 0.717) is 5.69 Å². The average molecular weight is 297 g/mol. The van der Waals surface area contributed by atoms with Gasteiger partial charge in [-0.25, -0.2) is 9.98 Å². The molecule has 1 aromatic rings. The largest absolute Gasteiger partial charge is 0.385 e. The van der Waals surface area contributed by atoms with Crippen LogP contribution in [0.2, 0.25) is 0 Å². The van der Waals surface area contributed by atoms with Crippen LogP contribution in [0.3, 0.4) is 0 Å². The molecule has 1 aliphatic rings. The van der Waals surface area contributed by atoms with Gasteiger partial charge >= 0.3 is 0 Å². The van der Waals surface area contributed by atoms with Gasteiger partial charge in [0.1, 0.15) is 23.2 Å². The Balaban J connectivity index is 2.48. The van der Waals surface area contributed by atoms with E-state index < -0.39 is 24.2 Å². The standard InChI is InChI=1S/C12H19N5O4/c1-12(19)7(18)10(20-4)21-11(12)17-5-16-6(8(13)14-2)9(17)15-3/h5,7,10-11,18-19H,3H2,1-2,4H3,(H2,13,14)/t7?,10-,11+,12?/m0/s1. The van der Waals surface area contributed by atoms with Crippen LogP contribution in [-0.2, 0) is 9.47 Å². The summed E-state index contributed by atoms with van der Waals surface area (Å²) in [5.74, 6) is 0.463. The van der Waals surface area contributed by atoms with Crippen LogP contribution in [0, 0.1) is 0 Å². The van der Waals surface area contributed by atoms with Crippen molar-refractivity contribution in [2.45, 2.75) is 31.1 Å². The molecule has 116 valence electrons. The minimum Gasteiger partial charge on any atom is -0.385 e. The van der Waals surface area contributed by atoms with Crippen molar-refractivity contribution in [3.8, 4) is 0 Å². The van der Waals surface area contributed by atoms with E-state index in [9.17, 15) is 10.2 Å². The van der Waals surface area contributed by atoms with Crippen LogP contribution in [0.4, 0.5) is 5.82 Å². The Morgan fingerprint density at radius 2 is 2.33 bits per heavy atom. The van der Waals surface area contributed by atoms with Gasteiger partial charge in [-0.2, -0.15) is 0 Å². The van der Waals surface area contributed by atoms with Crippen molar-refractivity contribution in [3.05, 3.63) is 12.0 Å². The van der Waals surface area contributed by atoms with Gasteiger partial charge in [0.05, 0.1) is 6.33 Å². The molecule has 0 spiro atoms. The molecule has 0 amide bonds. The molecular formula is C12H19N5O4. The number of hydrogen-bond donors (Lipinski definition) is 3. The van der Waals surface area contributed by atoms with E-state index in [1.54, 1.807) is 0 Å². The Bertz CT molecular complexity index is 568. The SMILES string of the molecule is C=Nc1c(C(N)=NC)ncn1[C@@H]1O[C@H](OC)C(O)C1(C)O. The molecule has 21 heavy (non-hydrogen) atoms. The van der Waals surface area contributed by atoms with Gasteiger partial charge in [-0.3, -0.25) is 9.56 Å². The molecular weight excluding hydrogens is 278 g/mol. The van der Waals surface area contributed by atoms with E-state index >= 15 is 0 Å². The molecule has 1 fully saturated rings. The summed E-state index contributed by atoms with van der Waals surface area (Å²) < 4.78 is 12.0. The fourth-order valence-electron chi connectivity index (χ4n) is 2.26. The molecule has 1 aromatic heterocycles. The van der Waals surface area contributed by atoms with E-state index in [2.05, 4.69) is 21.7 Å². The summed E-state index contributed by atoms with van der Waals surface area (Å²) >= 11 is 0. The van der Waals surface area contributed by atoms with Crippen LogP contribution in [0.25, 0.3) is 0 Å². The Morgan fingerprint density at radius 1 is 1.67 bits per heavy atom. The average Bonchev–Trinajstić information content (AvgIpc) is 2.98. The van der Waals surface area contributed by atoms with Gasteiger partial charge in [-0.05, 0) is 13.6 Å². The van der Waals surface area contributed by atoms with Crippen molar-refractivity contribution < 1.29 is 19.7 Å². The number of aliphatic imine (C=N–C) groups is 2. The van der Waals surface area contributed by atoms with Crippen LogP contribution in [0.1, 0.15) is 18.8 Å². The first-order valence-electron chi connectivity index (χ1n) is 6.23. The molecule has 9 nitrogen and oxygen atoms in total. The zero-order valence-electron chi connectivity index (χ0n) is 12.1. The third kappa shape index (κ3) is 2.33. The van der Waals surface area contributed by atoms with Gasteiger partial charge < -0.3 is 25.4 Å². The van der Waals surface area contributed by atoms with Crippen molar-refractivity contribution in [1.82, 2.24) is 9.55 Å². The molecule has 0 radical (unpaired) electrons. The van der Waals surface area contributed by atoms with Crippen molar-refractivity contribution in [1.29, 1.82) is 0 Å². The molecule has 0 bridgehead atoms. The van der Waals surface area contributed by atoms with Crippen LogP contribution >= 0.6 is 0 Å². The van der Waals surface area contributed by atoms with E-state index in [-0.39, 0.29) is 11.7 Å². The summed E-state index contributed by atoms with van der Waals surface area (Å²) in [5.41, 5.74) is 4.46. The Kier molecular flexibility index (Phi) is 4.10. The van der Waals surface area contributed by atoms with Gasteiger partial charge in [-0.15, -0.1) is 0 Å². The number of nitrogens with zero attached hydrogens (tertiary/aromatic N) is 4. The minimum absolute atomic E-state index is 0.178. The zero-order valence-corrected chi connectivity index (χ0v) is 12.1. The highest BCUT2D eigenvalue weighted by Crippen LogP contribution is 2.40. The van der Waals surface area contributed by atoms with Crippen LogP contribution in [0.5, 0.6) is 0 Å². The Hall–Kier alpha value is -1.81. The normalized spacial score (nSPS) is 33.4. The second-order valence-corrected chi connectivity index (χ2v) is 4.85. The topological polar surface area (TPSA) is 127 Å². The quantitative estimate of drug-likeness (QED) is 0.491. The highest BCUT2D eigenvalue weighted by atomic mass is 16.7. The summed E-state index contributed by atoms with van der Waals surface area (Å²) in [6.45, 7) is 4.90. The molecule has 9 heteroatoms. The lowest BCUT2D eigenvalue weighted by atomic mass is 9.99. The van der Waals surface area contributed by atoms with Crippen molar-refractivity contribution in [3.63, 3.8) is 0 Å². The fraction of sp³-hybridized carbons (Fsp3) is 0.583. The van der Waals surface area contributed by atoms with Crippen LogP contribution < -0.4 is 5.73 Å². The summed E-state index contributed by atoms with van der Waals surface area (Å²) in [6, 6.07) is 0. The molecule has 0 aromatic carbocycles. The number of rotatable bonds is 4. The first-order chi connectivity index (χ1) is 9.88. The molecule has 2 heterocycles. The first kappa shape index (κ1) is 15.6. The molecule has 4 atom stereocenters. The molecule has 1 aliphatic heterocycles. The number of aromatic nitrogens is 2. The summed E-state index contributed by atoms with van der Waals surface area (Å²) in [4.78, 5) is 11.8. The Morgan fingerprint density at radius 3 is 2.81 bits per heavy atom. The number of aliphatic hydroxyl groups is 2. The monoisotopic (exact) mass is 297 g/mol. The van der Waals surface area contributed by atoms with Gasteiger partial charge in [0.2, 0.25) is 0 Å². The maximum absolute atomic E-state index is 10.5. The third-order valence-corrected chi connectivity index (χ3v) is 3.51. The number of hydrogen-bond acceptors (Lipinski definition) is 7. The van der Waals surface area contributed by atoms with Crippen molar-refractivity contribution >= 4 is 18.4 Å². The molecule has 1 saturated heterocycles. The fourth-order valence-corrected chi connectivity index (χ4v) is 2.26. The van der Waals surface area contributed by atoms with Gasteiger partial charge in [0, 0.05) is 14.2 Å². The van der Waals surface area contributed by atoms with E-state index in [1.165, 1.54) is 32.0 Å². The zero-order chi connectivity index (χ0) is 15.8. The first-order valence-corrected chi connectivity index (χ1v) is 6.23. The van der Waals surface area contributed by atoms with Crippen LogP contribution in [-0.4, -0.2) is 64.5 Å². The van der Waals surface area contributed by atoms with Gasteiger partial charge in [-0.1, -0.05) is 0 Å². The molecule has 2 unspecified atom stereocenters. The number of nitrogens with two attached hydrogens (primary N) is 1. The lowest BCUT2D eigenvalue weighted by Crippen LogP contribution is -2.43. The Labute approximate surface area is 121 Å². The summed E-state index contributed by atoms with van der Waals surface area (Å²) in [5, 5.41) is 20.5. The van der Waals surface area contributed by atoms with E-state index in [1.807, 2.05) is 0 Å². The van der Waals surface area contributed by atoms with Gasteiger partial charge in [0.15, 0.2) is 18.3 Å². The van der Waals surface area contributed by atoms with Crippen molar-refractivity contribution in [2.75, 3.05) is 14.2 Å². The third-order valence-electron chi connectivity index (χ3n) is 3.51. The van der Waals surface area contributed by atoms with Crippen LogP contribution in [0.15, 0.2) is 16.3 Å². The number of amidine groups is 1. The van der Waals surface area contributed by atoms with E-state index in [4.69, 9.17) is 15.2 Å². The summed E-state index contributed by atoms with van der Waals surface area (Å²) in [7, 11) is 2.90. The summed E-state index contributed by atoms with van der Waals surface area (Å²) in [6.07, 6.45) is -1.76. The second kappa shape index (κ2) is 5.53. The number of aliphatic hydroxyl groups excluding tert-OH is 1. The number of imidazole rings is 1. The van der Waals surface area contributed by atoms with Gasteiger partial charge in [0.25, 0.3) is 0 Å². The molecule has 0 aliphatic carbocycles. The highest BCUT2D eigenvalue weighted by molar-refractivity contribution is 5.99. The lowest BCUT2D eigenvalue weighted by molar-refractivity contribution is -0.161. The molecule has 4 N–H and O–H groups in total. The maximum Gasteiger partial charge on any atom is 0.188 e. The molecule has 0 saturated carbocycles. The highest BCUT2D eigenvalue weighted by Gasteiger charge is 2.54. The number of ether oxygens (including phenoxy) is 2. The minimum atomic E-state index is -1.60.